The normalized spacial score (nSPS) is 15.5. The number of aromatic nitrogens is 3. The van der Waals surface area contributed by atoms with Crippen LogP contribution in [0.4, 0.5) is 5.82 Å². The summed E-state index contributed by atoms with van der Waals surface area (Å²) in [7, 11) is 0. The van der Waals surface area contributed by atoms with Gasteiger partial charge in [-0.25, -0.2) is 14.8 Å². The molecule has 7 heteroatoms. The molecule has 0 N–H and O–H groups in total. The van der Waals surface area contributed by atoms with E-state index in [2.05, 4.69) is 38.2 Å². The quantitative estimate of drug-likeness (QED) is 0.740. The molecular formula is C19H27N5O2. The van der Waals surface area contributed by atoms with Crippen LogP contribution in [-0.4, -0.2) is 58.2 Å². The number of hydrogen-bond acceptors (Lipinski definition) is 6. The maximum atomic E-state index is 11.7. The molecule has 2 aromatic heterocycles. The highest BCUT2D eigenvalue weighted by atomic mass is 16.5. The van der Waals surface area contributed by atoms with Crippen LogP contribution in [0.2, 0.25) is 0 Å². The molecule has 0 aromatic carbocycles. The van der Waals surface area contributed by atoms with Crippen LogP contribution in [0.25, 0.3) is 0 Å². The molecule has 1 fully saturated rings. The Morgan fingerprint density at radius 2 is 1.96 bits per heavy atom. The molecule has 140 valence electrons. The fourth-order valence-corrected chi connectivity index (χ4v) is 3.18. The second kappa shape index (κ2) is 8.31. The third-order valence-corrected chi connectivity index (χ3v) is 4.63. The smallest absolute Gasteiger partial charge is 0.339 e. The van der Waals surface area contributed by atoms with Crippen molar-refractivity contribution in [1.29, 1.82) is 0 Å². The van der Waals surface area contributed by atoms with Crippen molar-refractivity contribution >= 4 is 11.8 Å². The standard InChI is InChI=1S/C19H27N5O2/c1-4-26-19(25)16-5-6-17(21-13-16)23-11-9-22(10-12-23)14-18-20-7-8-24(18)15(2)3/h5-8,13,15H,4,9-12,14H2,1-3H3. The lowest BCUT2D eigenvalue weighted by atomic mass is 10.2. The number of carbonyl (C=O) groups excluding carboxylic acids is 1. The average Bonchev–Trinajstić information content (AvgIpc) is 3.11. The molecule has 7 nitrogen and oxygen atoms in total. The second-order valence-electron chi connectivity index (χ2n) is 6.73. The summed E-state index contributed by atoms with van der Waals surface area (Å²) in [6.45, 7) is 11.1. The summed E-state index contributed by atoms with van der Waals surface area (Å²) in [4.78, 5) is 25.3. The number of esters is 1. The van der Waals surface area contributed by atoms with E-state index in [-0.39, 0.29) is 5.97 Å². The van der Waals surface area contributed by atoms with Gasteiger partial charge in [0.05, 0.1) is 18.7 Å². The van der Waals surface area contributed by atoms with Crippen molar-refractivity contribution in [3.05, 3.63) is 42.1 Å². The van der Waals surface area contributed by atoms with Crippen LogP contribution < -0.4 is 4.90 Å². The van der Waals surface area contributed by atoms with Crippen LogP contribution in [0, 0.1) is 0 Å². The summed E-state index contributed by atoms with van der Waals surface area (Å²) < 4.78 is 7.22. The van der Waals surface area contributed by atoms with Gasteiger partial charge in [-0.2, -0.15) is 0 Å². The van der Waals surface area contributed by atoms with Gasteiger partial charge in [0.25, 0.3) is 0 Å². The number of hydrogen-bond donors (Lipinski definition) is 0. The number of anilines is 1. The first-order chi connectivity index (χ1) is 12.6. The van der Waals surface area contributed by atoms with E-state index in [1.165, 1.54) is 0 Å². The third kappa shape index (κ3) is 4.22. The first-order valence-electron chi connectivity index (χ1n) is 9.20. The highest BCUT2D eigenvalue weighted by Gasteiger charge is 2.20. The Kier molecular flexibility index (Phi) is 5.88. The molecule has 3 rings (SSSR count). The molecule has 0 saturated carbocycles. The van der Waals surface area contributed by atoms with Gasteiger partial charge in [-0.1, -0.05) is 0 Å². The molecule has 26 heavy (non-hydrogen) atoms. The summed E-state index contributed by atoms with van der Waals surface area (Å²) in [5, 5.41) is 0. The molecule has 3 heterocycles. The van der Waals surface area contributed by atoms with Crippen molar-refractivity contribution in [2.45, 2.75) is 33.4 Å². The highest BCUT2D eigenvalue weighted by molar-refractivity contribution is 5.89. The average molecular weight is 357 g/mol. The predicted molar refractivity (Wildman–Crippen MR) is 100 cm³/mol. The molecule has 1 saturated heterocycles. The zero-order valence-electron chi connectivity index (χ0n) is 15.8. The van der Waals surface area contributed by atoms with E-state index in [1.807, 2.05) is 18.5 Å². The zero-order valence-corrected chi connectivity index (χ0v) is 15.8. The van der Waals surface area contributed by atoms with E-state index in [1.54, 1.807) is 19.2 Å². The molecule has 0 atom stereocenters. The maximum Gasteiger partial charge on any atom is 0.339 e. The molecule has 2 aromatic rings. The molecule has 1 aliphatic rings. The number of nitrogens with zero attached hydrogens (tertiary/aromatic N) is 5. The van der Waals surface area contributed by atoms with Crippen molar-refractivity contribution in [2.75, 3.05) is 37.7 Å². The lowest BCUT2D eigenvalue weighted by Gasteiger charge is -2.35. The molecule has 0 bridgehead atoms. The first-order valence-corrected chi connectivity index (χ1v) is 9.20. The predicted octanol–water partition coefficient (Wildman–Crippen LogP) is 2.36. The van der Waals surface area contributed by atoms with Crippen LogP contribution >= 0.6 is 0 Å². The van der Waals surface area contributed by atoms with Crippen LogP contribution in [0.15, 0.2) is 30.7 Å². The number of pyridine rings is 1. The lowest BCUT2D eigenvalue weighted by Crippen LogP contribution is -2.46. The summed E-state index contributed by atoms with van der Waals surface area (Å²) >= 11 is 0. The number of piperazine rings is 1. The van der Waals surface area contributed by atoms with Crippen molar-refractivity contribution in [2.24, 2.45) is 0 Å². The van der Waals surface area contributed by atoms with Crippen LogP contribution in [-0.2, 0) is 11.3 Å². The largest absolute Gasteiger partial charge is 0.462 e. The van der Waals surface area contributed by atoms with Gasteiger partial charge in [0.15, 0.2) is 0 Å². The summed E-state index contributed by atoms with van der Waals surface area (Å²) in [5.41, 5.74) is 0.495. The van der Waals surface area contributed by atoms with Crippen molar-refractivity contribution in [1.82, 2.24) is 19.4 Å². The molecule has 0 amide bonds. The topological polar surface area (TPSA) is 63.5 Å². The van der Waals surface area contributed by atoms with Crippen molar-refractivity contribution in [3.63, 3.8) is 0 Å². The number of carbonyl (C=O) groups is 1. The van der Waals surface area contributed by atoms with Crippen molar-refractivity contribution in [3.8, 4) is 0 Å². The Bertz CT molecular complexity index is 718. The second-order valence-corrected chi connectivity index (χ2v) is 6.73. The van der Waals surface area contributed by atoms with E-state index in [9.17, 15) is 4.79 Å². The van der Waals surface area contributed by atoms with Gasteiger partial charge in [0.2, 0.25) is 0 Å². The van der Waals surface area contributed by atoms with E-state index >= 15 is 0 Å². The minimum Gasteiger partial charge on any atom is -0.462 e. The van der Waals surface area contributed by atoms with Crippen LogP contribution in [0.1, 0.15) is 43.0 Å². The molecule has 0 aliphatic carbocycles. The van der Waals surface area contributed by atoms with Gasteiger partial charge in [-0.3, -0.25) is 4.90 Å². The van der Waals surface area contributed by atoms with Crippen LogP contribution in [0.5, 0.6) is 0 Å². The molecule has 0 unspecified atom stereocenters. The van der Waals surface area contributed by atoms with Gasteiger partial charge in [-0.05, 0) is 32.9 Å². The number of imidazole rings is 1. The molecule has 1 aliphatic heterocycles. The Morgan fingerprint density at radius 1 is 1.19 bits per heavy atom. The maximum absolute atomic E-state index is 11.7. The van der Waals surface area contributed by atoms with E-state index in [0.29, 0.717) is 18.2 Å². The number of ether oxygens (including phenoxy) is 1. The fourth-order valence-electron chi connectivity index (χ4n) is 3.18. The highest BCUT2D eigenvalue weighted by Crippen LogP contribution is 2.16. The van der Waals surface area contributed by atoms with Gasteiger partial charge in [0, 0.05) is 50.8 Å². The molecule has 0 spiro atoms. The van der Waals surface area contributed by atoms with E-state index in [4.69, 9.17) is 4.74 Å². The molecular weight excluding hydrogens is 330 g/mol. The van der Waals surface area contributed by atoms with E-state index in [0.717, 1.165) is 44.4 Å². The Morgan fingerprint density at radius 3 is 2.58 bits per heavy atom. The third-order valence-electron chi connectivity index (χ3n) is 4.63. The summed E-state index contributed by atoms with van der Waals surface area (Å²) in [5.74, 6) is 1.70. The van der Waals surface area contributed by atoms with E-state index < -0.39 is 0 Å². The number of rotatable bonds is 6. The minimum absolute atomic E-state index is 0.322. The Hall–Kier alpha value is -2.41. The zero-order chi connectivity index (χ0) is 18.5. The Labute approximate surface area is 154 Å². The van der Waals surface area contributed by atoms with Gasteiger partial charge in [0.1, 0.15) is 11.6 Å². The van der Waals surface area contributed by atoms with Gasteiger partial charge >= 0.3 is 5.97 Å². The lowest BCUT2D eigenvalue weighted by molar-refractivity contribution is 0.0526. The SMILES string of the molecule is CCOC(=O)c1ccc(N2CCN(Cc3nccn3C(C)C)CC2)nc1. The summed E-state index contributed by atoms with van der Waals surface area (Å²) in [6, 6.07) is 4.11. The first kappa shape index (κ1) is 18.4. The fraction of sp³-hybridized carbons (Fsp3) is 0.526. The minimum atomic E-state index is -0.322. The molecule has 0 radical (unpaired) electrons. The summed E-state index contributed by atoms with van der Waals surface area (Å²) in [6.07, 6.45) is 5.52. The Balaban J connectivity index is 1.55. The van der Waals surface area contributed by atoms with Crippen LogP contribution in [0.3, 0.4) is 0 Å². The van der Waals surface area contributed by atoms with Gasteiger partial charge < -0.3 is 14.2 Å². The van der Waals surface area contributed by atoms with Crippen molar-refractivity contribution < 1.29 is 9.53 Å². The monoisotopic (exact) mass is 357 g/mol. The van der Waals surface area contributed by atoms with Gasteiger partial charge in [-0.15, -0.1) is 0 Å².